The number of carbonyl (C=O) groups is 2. The van der Waals surface area contributed by atoms with Crippen LogP contribution in [0, 0.1) is 13.8 Å². The number of amides is 2. The summed E-state index contributed by atoms with van der Waals surface area (Å²) in [5.41, 5.74) is 5.39. The minimum absolute atomic E-state index is 0.0279. The van der Waals surface area contributed by atoms with Crippen molar-refractivity contribution in [2.24, 2.45) is 0 Å². The largest absolute Gasteiger partial charge is 0.326 e. The van der Waals surface area contributed by atoms with Crippen molar-refractivity contribution in [3.05, 3.63) is 58.7 Å². The first kappa shape index (κ1) is 14.3. The number of benzene rings is 2. The van der Waals surface area contributed by atoms with Gasteiger partial charge in [-0.15, -0.1) is 0 Å². The van der Waals surface area contributed by atoms with Crippen LogP contribution in [0.25, 0.3) is 0 Å². The highest BCUT2D eigenvalue weighted by atomic mass is 16.2. The average Bonchev–Trinajstić information content (AvgIpc) is 2.50. The number of hydrogen-bond acceptors (Lipinski definition) is 2. The van der Waals surface area contributed by atoms with E-state index in [1.54, 1.807) is 12.1 Å². The van der Waals surface area contributed by atoms with Gasteiger partial charge in [-0.3, -0.25) is 9.59 Å². The molecule has 0 fully saturated rings. The van der Waals surface area contributed by atoms with E-state index in [2.05, 4.69) is 10.6 Å². The zero-order chi connectivity index (χ0) is 15.7. The van der Waals surface area contributed by atoms with Gasteiger partial charge in [0.1, 0.15) is 0 Å². The molecule has 0 atom stereocenters. The van der Waals surface area contributed by atoms with Crippen LogP contribution in [0.2, 0.25) is 0 Å². The zero-order valence-electron chi connectivity index (χ0n) is 12.7. The minimum Gasteiger partial charge on any atom is -0.326 e. The van der Waals surface area contributed by atoms with Gasteiger partial charge in [0, 0.05) is 23.4 Å². The first-order chi connectivity index (χ1) is 10.5. The minimum atomic E-state index is -0.131. The summed E-state index contributed by atoms with van der Waals surface area (Å²) in [4.78, 5) is 23.8. The lowest BCUT2D eigenvalue weighted by molar-refractivity contribution is -0.116. The third-order valence-corrected chi connectivity index (χ3v) is 3.90. The third kappa shape index (κ3) is 2.86. The monoisotopic (exact) mass is 294 g/mol. The van der Waals surface area contributed by atoms with Gasteiger partial charge >= 0.3 is 0 Å². The zero-order valence-corrected chi connectivity index (χ0v) is 12.7. The van der Waals surface area contributed by atoms with E-state index in [0.29, 0.717) is 18.4 Å². The maximum Gasteiger partial charge on any atom is 0.255 e. The van der Waals surface area contributed by atoms with Crippen LogP contribution in [0.4, 0.5) is 11.4 Å². The molecule has 0 spiro atoms. The summed E-state index contributed by atoms with van der Waals surface area (Å²) in [5.74, 6) is -0.103. The van der Waals surface area contributed by atoms with Gasteiger partial charge in [0.2, 0.25) is 5.91 Å². The Kier molecular flexibility index (Phi) is 3.67. The molecule has 2 amide bonds. The molecule has 0 radical (unpaired) electrons. The second-order valence-corrected chi connectivity index (χ2v) is 5.69. The summed E-state index contributed by atoms with van der Waals surface area (Å²) in [6.07, 6.45) is 1.14. The van der Waals surface area contributed by atoms with Crippen molar-refractivity contribution in [2.45, 2.75) is 26.7 Å². The van der Waals surface area contributed by atoms with Crippen molar-refractivity contribution >= 4 is 23.2 Å². The Morgan fingerprint density at radius 1 is 1.09 bits per heavy atom. The number of anilines is 2. The van der Waals surface area contributed by atoms with Crippen LogP contribution in [0.5, 0.6) is 0 Å². The molecule has 0 aromatic heterocycles. The number of nitrogens with one attached hydrogen (secondary N) is 2. The van der Waals surface area contributed by atoms with Crippen LogP contribution in [-0.2, 0) is 11.2 Å². The lowest BCUT2D eigenvalue weighted by Gasteiger charge is -2.17. The number of hydrogen-bond donors (Lipinski definition) is 2. The van der Waals surface area contributed by atoms with Gasteiger partial charge in [0.25, 0.3) is 5.91 Å². The molecule has 0 bridgehead atoms. The SMILES string of the molecule is Cc1ccc(C)c(NC(=O)c2ccc3c(c2)CCC(=O)N3)c1. The van der Waals surface area contributed by atoms with E-state index >= 15 is 0 Å². The van der Waals surface area contributed by atoms with Crippen LogP contribution in [-0.4, -0.2) is 11.8 Å². The van der Waals surface area contributed by atoms with Gasteiger partial charge in [0.05, 0.1) is 0 Å². The maximum absolute atomic E-state index is 12.4. The second kappa shape index (κ2) is 5.64. The van der Waals surface area contributed by atoms with Gasteiger partial charge in [-0.25, -0.2) is 0 Å². The molecule has 0 aliphatic carbocycles. The van der Waals surface area contributed by atoms with E-state index in [0.717, 1.165) is 28.1 Å². The molecule has 22 heavy (non-hydrogen) atoms. The summed E-state index contributed by atoms with van der Waals surface area (Å²) >= 11 is 0. The number of fused-ring (bicyclic) bond motifs is 1. The van der Waals surface area contributed by atoms with E-state index in [1.165, 1.54) is 0 Å². The van der Waals surface area contributed by atoms with Crippen molar-refractivity contribution in [1.82, 2.24) is 0 Å². The summed E-state index contributed by atoms with van der Waals surface area (Å²) in [6.45, 7) is 3.97. The molecule has 2 aromatic rings. The van der Waals surface area contributed by atoms with Crippen molar-refractivity contribution < 1.29 is 9.59 Å². The predicted molar refractivity (Wildman–Crippen MR) is 87.3 cm³/mol. The Balaban J connectivity index is 1.84. The fourth-order valence-electron chi connectivity index (χ4n) is 2.59. The average molecular weight is 294 g/mol. The predicted octanol–water partition coefficient (Wildman–Crippen LogP) is 3.44. The lowest BCUT2D eigenvalue weighted by Crippen LogP contribution is -2.20. The van der Waals surface area contributed by atoms with E-state index in [4.69, 9.17) is 0 Å². The van der Waals surface area contributed by atoms with Crippen LogP contribution in [0.3, 0.4) is 0 Å². The molecular formula is C18H18N2O2. The topological polar surface area (TPSA) is 58.2 Å². The molecule has 112 valence electrons. The molecular weight excluding hydrogens is 276 g/mol. The second-order valence-electron chi connectivity index (χ2n) is 5.69. The summed E-state index contributed by atoms with van der Waals surface area (Å²) in [7, 11) is 0. The maximum atomic E-state index is 12.4. The van der Waals surface area contributed by atoms with Crippen molar-refractivity contribution in [3.63, 3.8) is 0 Å². The highest BCUT2D eigenvalue weighted by Crippen LogP contribution is 2.24. The van der Waals surface area contributed by atoms with Gasteiger partial charge in [0.15, 0.2) is 0 Å². The van der Waals surface area contributed by atoms with E-state index in [-0.39, 0.29) is 11.8 Å². The highest BCUT2D eigenvalue weighted by molar-refractivity contribution is 6.05. The fraction of sp³-hybridized carbons (Fsp3) is 0.222. The molecule has 0 saturated heterocycles. The quantitative estimate of drug-likeness (QED) is 0.891. The Labute approximate surface area is 129 Å². The van der Waals surface area contributed by atoms with Crippen molar-refractivity contribution in [2.75, 3.05) is 10.6 Å². The smallest absolute Gasteiger partial charge is 0.255 e. The van der Waals surface area contributed by atoms with Gasteiger partial charge in [-0.05, 0) is 61.2 Å². The Morgan fingerprint density at radius 3 is 2.73 bits per heavy atom. The van der Waals surface area contributed by atoms with E-state index in [9.17, 15) is 9.59 Å². The summed E-state index contributed by atoms with van der Waals surface area (Å²) < 4.78 is 0. The van der Waals surface area contributed by atoms with Gasteiger partial charge in [-0.2, -0.15) is 0 Å². The first-order valence-electron chi connectivity index (χ1n) is 7.34. The molecule has 4 nitrogen and oxygen atoms in total. The van der Waals surface area contributed by atoms with Crippen LogP contribution >= 0.6 is 0 Å². The Bertz CT molecular complexity index is 766. The Hall–Kier alpha value is -2.62. The van der Waals surface area contributed by atoms with Crippen LogP contribution < -0.4 is 10.6 Å². The van der Waals surface area contributed by atoms with Crippen LogP contribution in [0.15, 0.2) is 36.4 Å². The molecule has 2 N–H and O–H groups in total. The van der Waals surface area contributed by atoms with Crippen molar-refractivity contribution in [3.8, 4) is 0 Å². The molecule has 1 aliphatic heterocycles. The highest BCUT2D eigenvalue weighted by Gasteiger charge is 2.17. The molecule has 3 rings (SSSR count). The van der Waals surface area contributed by atoms with Crippen molar-refractivity contribution in [1.29, 1.82) is 0 Å². The fourth-order valence-corrected chi connectivity index (χ4v) is 2.59. The molecule has 0 unspecified atom stereocenters. The number of rotatable bonds is 2. The molecule has 2 aromatic carbocycles. The van der Waals surface area contributed by atoms with Crippen LogP contribution in [0.1, 0.15) is 33.5 Å². The van der Waals surface area contributed by atoms with E-state index < -0.39 is 0 Å². The van der Waals surface area contributed by atoms with Gasteiger partial charge < -0.3 is 10.6 Å². The molecule has 4 heteroatoms. The third-order valence-electron chi connectivity index (χ3n) is 3.90. The summed E-state index contributed by atoms with van der Waals surface area (Å²) in [6, 6.07) is 11.4. The lowest BCUT2D eigenvalue weighted by atomic mass is 10.00. The van der Waals surface area contributed by atoms with Gasteiger partial charge in [-0.1, -0.05) is 12.1 Å². The Morgan fingerprint density at radius 2 is 1.91 bits per heavy atom. The first-order valence-corrected chi connectivity index (χ1v) is 7.34. The standard InChI is InChI=1S/C18H18N2O2/c1-11-3-4-12(2)16(9-11)20-18(22)14-5-7-15-13(10-14)6-8-17(21)19-15/h3-5,7,9-10H,6,8H2,1-2H3,(H,19,21)(H,20,22). The van der Waals surface area contributed by atoms with E-state index in [1.807, 2.05) is 38.1 Å². The molecule has 1 heterocycles. The molecule has 1 aliphatic rings. The normalized spacial score (nSPS) is 13.3. The molecule has 0 saturated carbocycles. The number of carbonyl (C=O) groups excluding carboxylic acids is 2. The summed E-state index contributed by atoms with van der Waals surface area (Å²) in [5, 5.41) is 5.78. The number of aryl methyl sites for hydroxylation is 3.